The van der Waals surface area contributed by atoms with Crippen LogP contribution in [0.25, 0.3) is 0 Å². The third kappa shape index (κ3) is 2.62. The van der Waals surface area contributed by atoms with Crippen LogP contribution in [0.2, 0.25) is 0 Å². The minimum Gasteiger partial charge on any atom is -0.494 e. The molecule has 0 fully saturated rings. The topological polar surface area (TPSA) is 21.3 Å². The third-order valence-corrected chi connectivity index (χ3v) is 3.67. The molecule has 0 amide bonds. The van der Waals surface area contributed by atoms with Gasteiger partial charge < -0.3 is 10.1 Å². The third-order valence-electron chi connectivity index (χ3n) is 3.67. The molecule has 0 saturated heterocycles. The van der Waals surface area contributed by atoms with Gasteiger partial charge >= 0.3 is 0 Å². The van der Waals surface area contributed by atoms with E-state index in [1.54, 1.807) is 6.07 Å². The van der Waals surface area contributed by atoms with Gasteiger partial charge in [0, 0.05) is 11.8 Å². The monoisotopic (exact) mass is 271 g/mol. The van der Waals surface area contributed by atoms with Crippen molar-refractivity contribution in [3.8, 4) is 5.75 Å². The van der Waals surface area contributed by atoms with Crippen molar-refractivity contribution in [2.45, 2.75) is 25.8 Å². The van der Waals surface area contributed by atoms with Gasteiger partial charge in [-0.1, -0.05) is 12.1 Å². The van der Waals surface area contributed by atoms with Gasteiger partial charge in [0.1, 0.15) is 11.6 Å². The van der Waals surface area contributed by atoms with Crippen molar-refractivity contribution < 1.29 is 9.13 Å². The molecule has 1 N–H and O–H groups in total. The number of hydrogen-bond acceptors (Lipinski definition) is 2. The van der Waals surface area contributed by atoms with Crippen LogP contribution in [-0.4, -0.2) is 6.61 Å². The second-order valence-electron chi connectivity index (χ2n) is 5.04. The molecule has 0 radical (unpaired) electrons. The molecule has 3 rings (SSSR count). The molecule has 2 nitrogen and oxygen atoms in total. The first-order valence-electron chi connectivity index (χ1n) is 7.04. The number of anilines is 1. The highest BCUT2D eigenvalue weighted by Gasteiger charge is 2.22. The number of ether oxygens (including phenoxy) is 1. The van der Waals surface area contributed by atoms with E-state index in [1.807, 2.05) is 37.3 Å². The number of hydrogen-bond donors (Lipinski definition) is 1. The smallest absolute Gasteiger partial charge is 0.123 e. The highest BCUT2D eigenvalue weighted by atomic mass is 19.1. The predicted octanol–water partition coefficient (Wildman–Crippen LogP) is 4.32. The average Bonchev–Trinajstić information content (AvgIpc) is 2.82. The maximum atomic E-state index is 13.2. The Balaban J connectivity index is 1.78. The Bertz CT molecular complexity index is 612. The SMILES string of the molecule is CCOc1cccc(NC2CCc3cc(F)ccc32)c1. The molecular formula is C17H18FNO. The van der Waals surface area contributed by atoms with E-state index >= 15 is 0 Å². The van der Waals surface area contributed by atoms with Gasteiger partial charge in [-0.3, -0.25) is 0 Å². The first kappa shape index (κ1) is 13.0. The Morgan fingerprint density at radius 2 is 2.15 bits per heavy atom. The second kappa shape index (κ2) is 5.53. The first-order chi connectivity index (χ1) is 9.76. The minimum atomic E-state index is -0.150. The summed E-state index contributed by atoms with van der Waals surface area (Å²) in [6.07, 6.45) is 1.92. The lowest BCUT2D eigenvalue weighted by atomic mass is 10.1. The molecule has 0 saturated carbocycles. The van der Waals surface area contributed by atoms with Gasteiger partial charge in [-0.2, -0.15) is 0 Å². The lowest BCUT2D eigenvalue weighted by Gasteiger charge is -2.16. The summed E-state index contributed by atoms with van der Waals surface area (Å²) >= 11 is 0. The normalized spacial score (nSPS) is 16.8. The quantitative estimate of drug-likeness (QED) is 0.894. The number of rotatable bonds is 4. The summed E-state index contributed by atoms with van der Waals surface area (Å²) in [6, 6.07) is 13.3. The van der Waals surface area contributed by atoms with Gasteiger partial charge in [-0.25, -0.2) is 4.39 Å². The summed E-state index contributed by atoms with van der Waals surface area (Å²) in [7, 11) is 0. The molecule has 0 bridgehead atoms. The van der Waals surface area contributed by atoms with Crippen LogP contribution in [0.5, 0.6) is 5.75 Å². The molecule has 1 aliphatic rings. The van der Waals surface area contributed by atoms with Gasteiger partial charge in [0.25, 0.3) is 0 Å². The summed E-state index contributed by atoms with van der Waals surface area (Å²) < 4.78 is 18.7. The van der Waals surface area contributed by atoms with Gasteiger partial charge in [-0.15, -0.1) is 0 Å². The second-order valence-corrected chi connectivity index (χ2v) is 5.04. The zero-order valence-electron chi connectivity index (χ0n) is 11.5. The van der Waals surface area contributed by atoms with E-state index in [0.717, 1.165) is 29.8 Å². The zero-order valence-corrected chi connectivity index (χ0v) is 11.5. The van der Waals surface area contributed by atoms with Crippen LogP contribution in [0.3, 0.4) is 0 Å². The van der Waals surface area contributed by atoms with Gasteiger partial charge in [0.05, 0.1) is 12.6 Å². The molecule has 0 spiro atoms. The van der Waals surface area contributed by atoms with E-state index in [9.17, 15) is 4.39 Å². The molecule has 2 aromatic rings. The number of aryl methyl sites for hydroxylation is 1. The van der Waals surface area contributed by atoms with Crippen LogP contribution in [-0.2, 0) is 6.42 Å². The van der Waals surface area contributed by atoms with Crippen molar-refractivity contribution in [2.75, 3.05) is 11.9 Å². The standard InChI is InChI=1S/C17H18FNO/c1-2-20-15-5-3-4-14(11-15)19-17-9-6-12-10-13(18)7-8-16(12)17/h3-5,7-8,10-11,17,19H,2,6,9H2,1H3. The number of halogens is 1. The average molecular weight is 271 g/mol. The maximum absolute atomic E-state index is 13.2. The van der Waals surface area contributed by atoms with Crippen LogP contribution >= 0.6 is 0 Å². The van der Waals surface area contributed by atoms with Crippen molar-refractivity contribution in [3.63, 3.8) is 0 Å². The van der Waals surface area contributed by atoms with Gasteiger partial charge in [0.2, 0.25) is 0 Å². The van der Waals surface area contributed by atoms with E-state index in [0.29, 0.717) is 6.61 Å². The van der Waals surface area contributed by atoms with Crippen LogP contribution in [0, 0.1) is 5.82 Å². The zero-order chi connectivity index (χ0) is 13.9. The van der Waals surface area contributed by atoms with Crippen LogP contribution in [0.1, 0.15) is 30.5 Å². The number of fused-ring (bicyclic) bond motifs is 1. The van der Waals surface area contributed by atoms with Crippen LogP contribution < -0.4 is 10.1 Å². The fourth-order valence-electron chi connectivity index (χ4n) is 2.78. The number of nitrogens with one attached hydrogen (secondary N) is 1. The largest absolute Gasteiger partial charge is 0.494 e. The van der Waals surface area contributed by atoms with E-state index in [4.69, 9.17) is 4.74 Å². The van der Waals surface area contributed by atoms with Crippen molar-refractivity contribution in [1.29, 1.82) is 0 Å². The highest BCUT2D eigenvalue weighted by molar-refractivity contribution is 5.51. The van der Waals surface area contributed by atoms with Gasteiger partial charge in [-0.05, 0) is 55.2 Å². The van der Waals surface area contributed by atoms with E-state index < -0.39 is 0 Å². The Morgan fingerprint density at radius 1 is 1.25 bits per heavy atom. The molecule has 0 heterocycles. The lowest BCUT2D eigenvalue weighted by Crippen LogP contribution is -2.07. The fourth-order valence-corrected chi connectivity index (χ4v) is 2.78. The highest BCUT2D eigenvalue weighted by Crippen LogP contribution is 2.34. The first-order valence-corrected chi connectivity index (χ1v) is 7.04. The molecule has 0 aromatic heterocycles. The molecular weight excluding hydrogens is 253 g/mol. The molecule has 2 aromatic carbocycles. The summed E-state index contributed by atoms with van der Waals surface area (Å²) in [6.45, 7) is 2.64. The summed E-state index contributed by atoms with van der Waals surface area (Å²) in [4.78, 5) is 0. The summed E-state index contributed by atoms with van der Waals surface area (Å²) in [5, 5.41) is 3.51. The predicted molar refractivity (Wildman–Crippen MR) is 78.7 cm³/mol. The Morgan fingerprint density at radius 3 is 3.00 bits per heavy atom. The minimum absolute atomic E-state index is 0.150. The summed E-state index contributed by atoms with van der Waals surface area (Å²) in [5.41, 5.74) is 3.36. The Labute approximate surface area is 118 Å². The van der Waals surface area contributed by atoms with Crippen molar-refractivity contribution >= 4 is 5.69 Å². The van der Waals surface area contributed by atoms with E-state index in [1.165, 1.54) is 11.6 Å². The molecule has 1 unspecified atom stereocenters. The van der Waals surface area contributed by atoms with Crippen molar-refractivity contribution in [2.24, 2.45) is 0 Å². The molecule has 0 aliphatic heterocycles. The van der Waals surface area contributed by atoms with Crippen LogP contribution in [0.4, 0.5) is 10.1 Å². The van der Waals surface area contributed by atoms with Crippen molar-refractivity contribution in [1.82, 2.24) is 0 Å². The Kier molecular flexibility index (Phi) is 3.59. The number of benzene rings is 2. The molecule has 3 heteroatoms. The molecule has 1 atom stereocenters. The van der Waals surface area contributed by atoms with Crippen molar-refractivity contribution in [3.05, 3.63) is 59.4 Å². The molecule has 104 valence electrons. The molecule has 1 aliphatic carbocycles. The van der Waals surface area contributed by atoms with E-state index in [2.05, 4.69) is 5.32 Å². The molecule has 20 heavy (non-hydrogen) atoms. The summed E-state index contributed by atoms with van der Waals surface area (Å²) in [5.74, 6) is 0.720. The Hall–Kier alpha value is -2.03. The van der Waals surface area contributed by atoms with Gasteiger partial charge in [0.15, 0.2) is 0 Å². The lowest BCUT2D eigenvalue weighted by molar-refractivity contribution is 0.340. The maximum Gasteiger partial charge on any atom is 0.123 e. The van der Waals surface area contributed by atoms with Crippen LogP contribution in [0.15, 0.2) is 42.5 Å². The van der Waals surface area contributed by atoms with E-state index in [-0.39, 0.29) is 11.9 Å². The fraction of sp³-hybridized carbons (Fsp3) is 0.294.